The molecule has 0 aliphatic carbocycles. The third-order valence-corrected chi connectivity index (χ3v) is 5.00. The average molecular weight is 307 g/mol. The molecule has 0 aromatic carbocycles. The summed E-state index contributed by atoms with van der Waals surface area (Å²) in [6.07, 6.45) is 0.490. The summed E-state index contributed by atoms with van der Waals surface area (Å²) in [5.74, 6) is -0.337. The molecule has 1 aromatic heterocycles. The van der Waals surface area contributed by atoms with Crippen molar-refractivity contribution >= 4 is 32.4 Å². The fourth-order valence-electron chi connectivity index (χ4n) is 1.34. The van der Waals surface area contributed by atoms with Crippen LogP contribution in [0.3, 0.4) is 0 Å². The van der Waals surface area contributed by atoms with E-state index in [4.69, 9.17) is 5.73 Å². The van der Waals surface area contributed by atoms with Crippen LogP contribution in [0, 0.1) is 0 Å². The van der Waals surface area contributed by atoms with Crippen LogP contribution in [0.1, 0.15) is 27.2 Å². The molecule has 1 rings (SSSR count). The van der Waals surface area contributed by atoms with Gasteiger partial charge >= 0.3 is 0 Å². The summed E-state index contributed by atoms with van der Waals surface area (Å²) in [6.45, 7) is 5.13. The van der Waals surface area contributed by atoms with Crippen LogP contribution in [0.2, 0.25) is 0 Å². The first-order valence-electron chi connectivity index (χ1n) is 5.51. The van der Waals surface area contributed by atoms with E-state index >= 15 is 0 Å². The van der Waals surface area contributed by atoms with Gasteiger partial charge in [-0.1, -0.05) is 11.3 Å². The third-order valence-electron chi connectivity index (χ3n) is 2.10. The summed E-state index contributed by atoms with van der Waals surface area (Å²) in [6, 6.07) is 0. The lowest BCUT2D eigenvalue weighted by Gasteiger charge is -2.24. The first-order valence-corrected chi connectivity index (χ1v) is 7.81. The largest absolute Gasteiger partial charge is 0.330 e. The van der Waals surface area contributed by atoms with Crippen LogP contribution in [0.25, 0.3) is 0 Å². The Labute approximate surface area is 115 Å². The van der Waals surface area contributed by atoms with Crippen LogP contribution in [-0.4, -0.2) is 36.6 Å². The van der Waals surface area contributed by atoms with E-state index in [2.05, 4.69) is 20.2 Å². The predicted octanol–water partition coefficient (Wildman–Crippen LogP) is -0.0978. The minimum atomic E-state index is -3.77. The SMILES string of the molecule is CC(=O)Nc1nnc(S(=O)(=O)NC(C)(C)CCN)s1. The van der Waals surface area contributed by atoms with Gasteiger partial charge in [0.2, 0.25) is 15.4 Å². The highest BCUT2D eigenvalue weighted by Gasteiger charge is 2.28. The van der Waals surface area contributed by atoms with Gasteiger partial charge in [-0.25, -0.2) is 13.1 Å². The summed E-state index contributed by atoms with van der Waals surface area (Å²) in [5.41, 5.74) is 4.75. The van der Waals surface area contributed by atoms with Gasteiger partial charge in [-0.05, 0) is 26.8 Å². The van der Waals surface area contributed by atoms with Crippen molar-refractivity contribution in [2.24, 2.45) is 5.73 Å². The van der Waals surface area contributed by atoms with Gasteiger partial charge in [-0.3, -0.25) is 4.79 Å². The molecule has 0 atom stereocenters. The number of rotatable bonds is 6. The van der Waals surface area contributed by atoms with Gasteiger partial charge in [-0.15, -0.1) is 10.2 Å². The summed E-state index contributed by atoms with van der Waals surface area (Å²) in [4.78, 5) is 10.8. The number of nitrogens with one attached hydrogen (secondary N) is 2. The molecule has 10 heteroatoms. The fourth-order valence-corrected chi connectivity index (χ4v) is 3.73. The van der Waals surface area contributed by atoms with Crippen molar-refractivity contribution in [2.75, 3.05) is 11.9 Å². The maximum atomic E-state index is 12.1. The van der Waals surface area contributed by atoms with E-state index in [1.807, 2.05) is 0 Å². The van der Waals surface area contributed by atoms with Crippen molar-refractivity contribution < 1.29 is 13.2 Å². The summed E-state index contributed by atoms with van der Waals surface area (Å²) in [5, 5.41) is 9.67. The topological polar surface area (TPSA) is 127 Å². The molecule has 1 aromatic rings. The Morgan fingerprint density at radius 1 is 1.42 bits per heavy atom. The molecule has 1 amide bonds. The number of hydrogen-bond acceptors (Lipinski definition) is 7. The molecular weight excluding hydrogens is 290 g/mol. The minimum absolute atomic E-state index is 0.143. The Kier molecular flexibility index (Phi) is 4.96. The molecule has 1 heterocycles. The van der Waals surface area contributed by atoms with E-state index in [9.17, 15) is 13.2 Å². The van der Waals surface area contributed by atoms with Crippen molar-refractivity contribution in [1.82, 2.24) is 14.9 Å². The van der Waals surface area contributed by atoms with Gasteiger partial charge in [0.1, 0.15) is 0 Å². The molecule has 0 saturated carbocycles. The summed E-state index contributed by atoms with van der Waals surface area (Å²) in [7, 11) is -3.77. The third kappa shape index (κ3) is 4.82. The maximum Gasteiger partial charge on any atom is 0.270 e. The molecular formula is C9H17N5O3S2. The monoisotopic (exact) mass is 307 g/mol. The lowest BCUT2D eigenvalue weighted by Crippen LogP contribution is -2.44. The highest BCUT2D eigenvalue weighted by molar-refractivity contribution is 7.91. The van der Waals surface area contributed by atoms with E-state index in [-0.39, 0.29) is 15.4 Å². The van der Waals surface area contributed by atoms with Gasteiger partial charge < -0.3 is 11.1 Å². The van der Waals surface area contributed by atoms with Crippen molar-refractivity contribution in [3.8, 4) is 0 Å². The molecule has 108 valence electrons. The maximum absolute atomic E-state index is 12.1. The molecule has 19 heavy (non-hydrogen) atoms. The van der Waals surface area contributed by atoms with Crippen LogP contribution in [0.15, 0.2) is 4.34 Å². The van der Waals surface area contributed by atoms with Gasteiger partial charge in [0, 0.05) is 12.5 Å². The van der Waals surface area contributed by atoms with Crippen molar-refractivity contribution in [2.45, 2.75) is 37.1 Å². The number of carbonyl (C=O) groups excluding carboxylic acids is 1. The standard InChI is InChI=1S/C9H17N5O3S2/c1-6(15)11-7-12-13-8(18-7)19(16,17)14-9(2,3)4-5-10/h14H,4-5,10H2,1-3H3,(H,11,12,15). The van der Waals surface area contributed by atoms with Crippen molar-refractivity contribution in [3.63, 3.8) is 0 Å². The quantitative estimate of drug-likeness (QED) is 0.630. The Morgan fingerprint density at radius 2 is 2.05 bits per heavy atom. The second-order valence-corrected chi connectivity index (χ2v) is 7.42. The highest BCUT2D eigenvalue weighted by Crippen LogP contribution is 2.21. The second-order valence-electron chi connectivity index (χ2n) is 4.58. The molecule has 4 N–H and O–H groups in total. The zero-order valence-corrected chi connectivity index (χ0v) is 12.6. The second kappa shape index (κ2) is 5.90. The van der Waals surface area contributed by atoms with Gasteiger partial charge in [0.05, 0.1) is 0 Å². The number of nitrogens with two attached hydrogens (primary N) is 1. The Hall–Kier alpha value is -1.10. The van der Waals surface area contributed by atoms with Crippen LogP contribution < -0.4 is 15.8 Å². The lowest BCUT2D eigenvalue weighted by molar-refractivity contribution is -0.114. The number of amides is 1. The smallest absolute Gasteiger partial charge is 0.270 e. The lowest BCUT2D eigenvalue weighted by atomic mass is 10.0. The van der Waals surface area contributed by atoms with E-state index in [0.29, 0.717) is 13.0 Å². The number of carbonyl (C=O) groups is 1. The van der Waals surface area contributed by atoms with E-state index in [0.717, 1.165) is 11.3 Å². The number of nitrogens with zero attached hydrogens (tertiary/aromatic N) is 2. The van der Waals surface area contributed by atoms with Crippen molar-refractivity contribution in [3.05, 3.63) is 0 Å². The van der Waals surface area contributed by atoms with Crippen LogP contribution in [0.4, 0.5) is 5.13 Å². The minimum Gasteiger partial charge on any atom is -0.330 e. The predicted molar refractivity (Wildman–Crippen MR) is 72.3 cm³/mol. The molecule has 0 aliphatic rings. The first-order chi connectivity index (χ1) is 8.66. The van der Waals surface area contributed by atoms with Crippen molar-refractivity contribution in [1.29, 1.82) is 0 Å². The molecule has 0 fully saturated rings. The van der Waals surface area contributed by atoms with Crippen LogP contribution in [0.5, 0.6) is 0 Å². The molecule has 0 bridgehead atoms. The number of anilines is 1. The number of hydrogen-bond donors (Lipinski definition) is 3. The van der Waals surface area contributed by atoms with Gasteiger partial charge in [-0.2, -0.15) is 0 Å². The molecule has 8 nitrogen and oxygen atoms in total. The Balaban J connectivity index is 2.89. The number of aromatic nitrogens is 2. The average Bonchev–Trinajstić information content (AvgIpc) is 2.63. The van der Waals surface area contributed by atoms with Gasteiger partial charge in [0.15, 0.2) is 0 Å². The van der Waals surface area contributed by atoms with Crippen LogP contribution >= 0.6 is 11.3 Å². The van der Waals surface area contributed by atoms with E-state index in [1.54, 1.807) is 13.8 Å². The Bertz CT molecular complexity index is 552. The summed E-state index contributed by atoms with van der Waals surface area (Å²) < 4.78 is 26.4. The van der Waals surface area contributed by atoms with E-state index in [1.165, 1.54) is 6.92 Å². The highest BCUT2D eigenvalue weighted by atomic mass is 32.2. The van der Waals surface area contributed by atoms with Gasteiger partial charge in [0.25, 0.3) is 10.0 Å². The number of sulfonamides is 1. The normalized spacial score (nSPS) is 12.4. The van der Waals surface area contributed by atoms with E-state index < -0.39 is 15.6 Å². The fraction of sp³-hybridized carbons (Fsp3) is 0.667. The zero-order valence-electron chi connectivity index (χ0n) is 10.9. The Morgan fingerprint density at radius 3 is 2.58 bits per heavy atom. The first kappa shape index (κ1) is 16.0. The molecule has 0 aliphatic heterocycles. The molecule has 0 spiro atoms. The zero-order chi connectivity index (χ0) is 14.7. The molecule has 0 saturated heterocycles. The van der Waals surface area contributed by atoms with Crippen LogP contribution in [-0.2, 0) is 14.8 Å². The molecule has 0 radical (unpaired) electrons. The molecule has 0 unspecified atom stereocenters. The summed E-state index contributed by atoms with van der Waals surface area (Å²) >= 11 is 0.791.